The molecule has 0 N–H and O–H groups in total. The Morgan fingerprint density at radius 1 is 1.07 bits per heavy atom. The third-order valence-corrected chi connectivity index (χ3v) is 5.89. The first-order chi connectivity index (χ1) is 13.9. The van der Waals surface area contributed by atoms with Gasteiger partial charge in [0.1, 0.15) is 0 Å². The van der Waals surface area contributed by atoms with Crippen molar-refractivity contribution in [3.63, 3.8) is 0 Å². The highest BCUT2D eigenvalue weighted by Crippen LogP contribution is 2.38. The molecular weight excluding hydrogens is 406 g/mol. The van der Waals surface area contributed by atoms with E-state index in [1.165, 1.54) is 11.8 Å². The SMILES string of the molecule is Cc1ccc(C)c(-n2c(SC(C)c3nc(C)no3)nnc2-c2ccccc2Cl)c1. The van der Waals surface area contributed by atoms with Crippen LogP contribution in [0.2, 0.25) is 5.02 Å². The molecular formula is C21H20ClN5OS. The number of thioether (sulfide) groups is 1. The van der Waals surface area contributed by atoms with E-state index in [4.69, 9.17) is 16.1 Å². The number of aryl methyl sites for hydroxylation is 3. The average Bonchev–Trinajstić information content (AvgIpc) is 3.30. The highest BCUT2D eigenvalue weighted by Gasteiger charge is 2.23. The molecule has 0 saturated heterocycles. The molecule has 0 spiro atoms. The quantitative estimate of drug-likeness (QED) is 0.379. The molecule has 148 valence electrons. The lowest BCUT2D eigenvalue weighted by molar-refractivity contribution is 0.376. The van der Waals surface area contributed by atoms with E-state index in [2.05, 4.69) is 52.4 Å². The summed E-state index contributed by atoms with van der Waals surface area (Å²) in [6.45, 7) is 7.96. The number of hydrogen-bond donors (Lipinski definition) is 0. The molecule has 0 fully saturated rings. The van der Waals surface area contributed by atoms with Crippen LogP contribution in [0.15, 0.2) is 52.1 Å². The second kappa shape index (κ2) is 8.00. The molecule has 4 aromatic rings. The number of aromatic nitrogens is 5. The molecule has 0 aliphatic rings. The zero-order valence-electron chi connectivity index (χ0n) is 16.5. The van der Waals surface area contributed by atoms with E-state index >= 15 is 0 Å². The van der Waals surface area contributed by atoms with Crippen LogP contribution in [0.3, 0.4) is 0 Å². The topological polar surface area (TPSA) is 69.6 Å². The zero-order chi connectivity index (χ0) is 20.5. The van der Waals surface area contributed by atoms with Crippen LogP contribution in [0.5, 0.6) is 0 Å². The molecule has 0 amide bonds. The normalized spacial score (nSPS) is 12.3. The molecule has 2 heterocycles. The van der Waals surface area contributed by atoms with Crippen molar-refractivity contribution in [3.05, 3.63) is 70.3 Å². The molecule has 4 rings (SSSR count). The average molecular weight is 426 g/mol. The fourth-order valence-electron chi connectivity index (χ4n) is 3.03. The maximum atomic E-state index is 6.48. The summed E-state index contributed by atoms with van der Waals surface area (Å²) in [5.41, 5.74) is 4.12. The molecule has 0 aliphatic carbocycles. The zero-order valence-corrected chi connectivity index (χ0v) is 18.1. The monoisotopic (exact) mass is 425 g/mol. The third kappa shape index (κ3) is 3.93. The summed E-state index contributed by atoms with van der Waals surface area (Å²) >= 11 is 8.00. The minimum absolute atomic E-state index is 0.0802. The Labute approximate surface area is 178 Å². The molecule has 0 aliphatic heterocycles. The van der Waals surface area contributed by atoms with Crippen molar-refractivity contribution in [1.82, 2.24) is 24.9 Å². The molecule has 0 radical (unpaired) electrons. The lowest BCUT2D eigenvalue weighted by Gasteiger charge is -2.15. The molecule has 0 bridgehead atoms. The largest absolute Gasteiger partial charge is 0.338 e. The fraction of sp³-hybridized carbons (Fsp3) is 0.238. The van der Waals surface area contributed by atoms with Gasteiger partial charge in [-0.1, -0.05) is 52.8 Å². The molecule has 2 aromatic carbocycles. The van der Waals surface area contributed by atoms with Gasteiger partial charge in [-0.25, -0.2) is 0 Å². The predicted octanol–water partition coefficient (Wildman–Crippen LogP) is 5.75. The summed E-state index contributed by atoms with van der Waals surface area (Å²) in [6, 6.07) is 14.0. The smallest absolute Gasteiger partial charge is 0.239 e. The van der Waals surface area contributed by atoms with Gasteiger partial charge in [0, 0.05) is 5.56 Å². The molecule has 2 aromatic heterocycles. The minimum atomic E-state index is -0.0802. The first-order valence-electron chi connectivity index (χ1n) is 9.19. The Balaban J connectivity index is 1.86. The van der Waals surface area contributed by atoms with Gasteiger partial charge in [0.2, 0.25) is 5.89 Å². The van der Waals surface area contributed by atoms with Crippen molar-refractivity contribution in [2.45, 2.75) is 38.1 Å². The van der Waals surface area contributed by atoms with Gasteiger partial charge < -0.3 is 4.52 Å². The van der Waals surface area contributed by atoms with E-state index in [0.717, 1.165) is 27.5 Å². The Kier molecular flexibility index (Phi) is 5.43. The highest BCUT2D eigenvalue weighted by molar-refractivity contribution is 7.99. The second-order valence-electron chi connectivity index (χ2n) is 6.85. The fourth-order valence-corrected chi connectivity index (χ4v) is 4.14. The lowest BCUT2D eigenvalue weighted by Crippen LogP contribution is -2.03. The number of rotatable bonds is 5. The maximum Gasteiger partial charge on any atom is 0.239 e. The molecule has 0 saturated carbocycles. The summed E-state index contributed by atoms with van der Waals surface area (Å²) in [5, 5.41) is 14.1. The Hall–Kier alpha value is -2.64. The lowest BCUT2D eigenvalue weighted by atomic mass is 10.1. The standard InChI is InChI=1S/C21H20ClN5OS/c1-12-9-10-13(2)18(11-12)27-19(16-7-5-6-8-17(16)22)24-25-21(27)29-14(3)20-23-15(4)26-28-20/h5-11,14H,1-4H3. The number of benzene rings is 2. The molecule has 6 nitrogen and oxygen atoms in total. The third-order valence-electron chi connectivity index (χ3n) is 4.53. The van der Waals surface area contributed by atoms with E-state index in [0.29, 0.717) is 22.6 Å². The Bertz CT molecular complexity index is 1170. The maximum absolute atomic E-state index is 6.48. The van der Waals surface area contributed by atoms with E-state index in [9.17, 15) is 0 Å². The van der Waals surface area contributed by atoms with E-state index in [-0.39, 0.29) is 5.25 Å². The predicted molar refractivity (Wildman–Crippen MR) is 115 cm³/mol. The Morgan fingerprint density at radius 2 is 1.86 bits per heavy atom. The molecule has 8 heteroatoms. The molecule has 29 heavy (non-hydrogen) atoms. The van der Waals surface area contributed by atoms with Gasteiger partial charge in [-0.15, -0.1) is 10.2 Å². The summed E-state index contributed by atoms with van der Waals surface area (Å²) < 4.78 is 7.39. The van der Waals surface area contributed by atoms with Crippen LogP contribution in [0.25, 0.3) is 17.1 Å². The van der Waals surface area contributed by atoms with Crippen LogP contribution in [-0.2, 0) is 0 Å². The van der Waals surface area contributed by atoms with Crippen LogP contribution >= 0.6 is 23.4 Å². The van der Waals surface area contributed by atoms with Crippen molar-refractivity contribution in [3.8, 4) is 17.1 Å². The van der Waals surface area contributed by atoms with E-state index < -0.39 is 0 Å². The first-order valence-corrected chi connectivity index (χ1v) is 10.4. The van der Waals surface area contributed by atoms with Gasteiger partial charge in [-0.3, -0.25) is 4.57 Å². The van der Waals surface area contributed by atoms with Gasteiger partial charge in [-0.05, 0) is 57.0 Å². The van der Waals surface area contributed by atoms with Gasteiger partial charge >= 0.3 is 0 Å². The minimum Gasteiger partial charge on any atom is -0.338 e. The Morgan fingerprint density at radius 3 is 2.59 bits per heavy atom. The van der Waals surface area contributed by atoms with Crippen LogP contribution < -0.4 is 0 Å². The van der Waals surface area contributed by atoms with E-state index in [1.807, 2.05) is 35.8 Å². The van der Waals surface area contributed by atoms with Gasteiger partial charge in [0.05, 0.1) is 16.0 Å². The second-order valence-corrected chi connectivity index (χ2v) is 8.57. The summed E-state index contributed by atoms with van der Waals surface area (Å²) in [5.74, 6) is 1.86. The van der Waals surface area contributed by atoms with Crippen LogP contribution in [0.1, 0.15) is 35.0 Å². The number of nitrogens with zero attached hydrogens (tertiary/aromatic N) is 5. The van der Waals surface area contributed by atoms with Gasteiger partial charge in [-0.2, -0.15) is 4.98 Å². The molecule has 1 atom stereocenters. The van der Waals surface area contributed by atoms with Crippen molar-refractivity contribution in [2.24, 2.45) is 0 Å². The van der Waals surface area contributed by atoms with Crippen LogP contribution in [-0.4, -0.2) is 24.9 Å². The van der Waals surface area contributed by atoms with E-state index in [1.54, 1.807) is 6.92 Å². The van der Waals surface area contributed by atoms with Crippen molar-refractivity contribution >= 4 is 23.4 Å². The number of hydrogen-bond acceptors (Lipinski definition) is 6. The molecule has 1 unspecified atom stereocenters. The van der Waals surface area contributed by atoms with Gasteiger partial charge in [0.15, 0.2) is 16.8 Å². The van der Waals surface area contributed by atoms with Crippen molar-refractivity contribution in [1.29, 1.82) is 0 Å². The van der Waals surface area contributed by atoms with Crippen molar-refractivity contribution in [2.75, 3.05) is 0 Å². The summed E-state index contributed by atoms with van der Waals surface area (Å²) in [7, 11) is 0. The van der Waals surface area contributed by atoms with Crippen LogP contribution in [0, 0.1) is 20.8 Å². The summed E-state index contributed by atoms with van der Waals surface area (Å²) in [6.07, 6.45) is 0. The number of halogens is 1. The highest BCUT2D eigenvalue weighted by atomic mass is 35.5. The summed E-state index contributed by atoms with van der Waals surface area (Å²) in [4.78, 5) is 4.34. The van der Waals surface area contributed by atoms with Gasteiger partial charge in [0.25, 0.3) is 0 Å². The van der Waals surface area contributed by atoms with Crippen LogP contribution in [0.4, 0.5) is 0 Å². The first kappa shape index (κ1) is 19.7. The van der Waals surface area contributed by atoms with Crippen molar-refractivity contribution < 1.29 is 4.52 Å².